The second-order valence-corrected chi connectivity index (χ2v) is 4.43. The van der Waals surface area contributed by atoms with Gasteiger partial charge in [0.1, 0.15) is 0 Å². The molecular formula is C12H15BrO2. The third kappa shape index (κ3) is 2.88. The zero-order valence-electron chi connectivity index (χ0n) is 8.83. The first kappa shape index (κ1) is 10.8. The van der Waals surface area contributed by atoms with E-state index in [2.05, 4.69) is 15.9 Å². The fourth-order valence-electron chi connectivity index (χ4n) is 1.41. The molecule has 1 fully saturated rings. The molecule has 0 heterocycles. The van der Waals surface area contributed by atoms with Crippen LogP contribution in [0.15, 0.2) is 18.2 Å². The van der Waals surface area contributed by atoms with Crippen LogP contribution in [0.5, 0.6) is 11.5 Å². The molecule has 2 nitrogen and oxygen atoms in total. The van der Waals surface area contributed by atoms with Crippen LogP contribution in [0, 0.1) is 5.92 Å². The molecule has 0 aromatic heterocycles. The normalized spacial score (nSPS) is 15.1. The second-order valence-electron chi connectivity index (χ2n) is 3.87. The van der Waals surface area contributed by atoms with E-state index < -0.39 is 0 Å². The summed E-state index contributed by atoms with van der Waals surface area (Å²) in [5.41, 5.74) is 1.21. The molecule has 15 heavy (non-hydrogen) atoms. The minimum Gasteiger partial charge on any atom is -0.493 e. The number of hydrogen-bond donors (Lipinski definition) is 0. The molecular weight excluding hydrogens is 256 g/mol. The van der Waals surface area contributed by atoms with E-state index in [1.165, 1.54) is 18.4 Å². The second kappa shape index (κ2) is 4.88. The highest BCUT2D eigenvalue weighted by atomic mass is 79.9. The lowest BCUT2D eigenvalue weighted by atomic mass is 10.2. The van der Waals surface area contributed by atoms with Crippen LogP contribution in [-0.2, 0) is 5.33 Å². The predicted molar refractivity (Wildman–Crippen MR) is 63.8 cm³/mol. The molecule has 0 unspecified atom stereocenters. The summed E-state index contributed by atoms with van der Waals surface area (Å²) < 4.78 is 11.0. The Kier molecular flexibility index (Phi) is 3.52. The highest BCUT2D eigenvalue weighted by Gasteiger charge is 2.22. The number of alkyl halides is 1. The zero-order valence-corrected chi connectivity index (χ0v) is 10.4. The van der Waals surface area contributed by atoms with E-state index in [1.807, 2.05) is 18.2 Å². The van der Waals surface area contributed by atoms with Gasteiger partial charge in [-0.2, -0.15) is 0 Å². The van der Waals surface area contributed by atoms with Gasteiger partial charge in [-0.15, -0.1) is 0 Å². The van der Waals surface area contributed by atoms with E-state index in [0.29, 0.717) is 0 Å². The molecule has 1 aromatic carbocycles. The third-order valence-electron chi connectivity index (χ3n) is 2.55. The predicted octanol–water partition coefficient (Wildman–Crippen LogP) is 3.38. The van der Waals surface area contributed by atoms with Crippen molar-refractivity contribution in [1.29, 1.82) is 0 Å². The Bertz CT molecular complexity index is 334. The summed E-state index contributed by atoms with van der Waals surface area (Å²) in [6.45, 7) is 0.822. The highest BCUT2D eigenvalue weighted by Crippen LogP contribution is 2.33. The standard InChI is InChI=1S/C12H15BrO2/c1-14-11-5-4-10(7-13)6-12(11)15-8-9-2-3-9/h4-6,9H,2-3,7-8H2,1H3. The third-order valence-corrected chi connectivity index (χ3v) is 3.20. The van der Waals surface area contributed by atoms with Crippen molar-refractivity contribution in [1.82, 2.24) is 0 Å². The SMILES string of the molecule is COc1ccc(CBr)cc1OCC1CC1. The van der Waals surface area contributed by atoms with Crippen LogP contribution in [0.4, 0.5) is 0 Å². The lowest BCUT2D eigenvalue weighted by Gasteiger charge is -2.11. The molecule has 82 valence electrons. The van der Waals surface area contributed by atoms with Crippen molar-refractivity contribution < 1.29 is 9.47 Å². The van der Waals surface area contributed by atoms with Crippen LogP contribution in [-0.4, -0.2) is 13.7 Å². The Balaban J connectivity index is 2.08. The van der Waals surface area contributed by atoms with Gasteiger partial charge in [0, 0.05) is 5.33 Å². The molecule has 0 saturated heterocycles. The lowest BCUT2D eigenvalue weighted by molar-refractivity contribution is 0.280. The molecule has 2 rings (SSSR count). The van der Waals surface area contributed by atoms with E-state index in [1.54, 1.807) is 7.11 Å². The van der Waals surface area contributed by atoms with Gasteiger partial charge in [-0.05, 0) is 36.5 Å². The summed E-state index contributed by atoms with van der Waals surface area (Å²) in [5, 5.41) is 0.844. The van der Waals surface area contributed by atoms with Crippen molar-refractivity contribution >= 4 is 15.9 Å². The van der Waals surface area contributed by atoms with Crippen molar-refractivity contribution in [3.8, 4) is 11.5 Å². The Morgan fingerprint density at radius 1 is 1.33 bits per heavy atom. The molecule has 0 aliphatic heterocycles. The number of rotatable bonds is 5. The Morgan fingerprint density at radius 3 is 2.73 bits per heavy atom. The topological polar surface area (TPSA) is 18.5 Å². The van der Waals surface area contributed by atoms with Crippen molar-refractivity contribution in [2.24, 2.45) is 5.92 Å². The van der Waals surface area contributed by atoms with Gasteiger partial charge in [0.25, 0.3) is 0 Å². The number of methoxy groups -OCH3 is 1. The fourth-order valence-corrected chi connectivity index (χ4v) is 1.76. The summed E-state index contributed by atoms with van der Waals surface area (Å²) in [7, 11) is 1.67. The first-order valence-electron chi connectivity index (χ1n) is 5.19. The summed E-state index contributed by atoms with van der Waals surface area (Å²) in [4.78, 5) is 0. The van der Waals surface area contributed by atoms with E-state index in [4.69, 9.17) is 9.47 Å². The van der Waals surface area contributed by atoms with Gasteiger partial charge in [0.05, 0.1) is 13.7 Å². The first-order chi connectivity index (χ1) is 7.33. The smallest absolute Gasteiger partial charge is 0.161 e. The minimum atomic E-state index is 0.766. The number of ether oxygens (including phenoxy) is 2. The van der Waals surface area contributed by atoms with Crippen LogP contribution in [0.3, 0.4) is 0 Å². The minimum absolute atomic E-state index is 0.766. The van der Waals surface area contributed by atoms with E-state index in [0.717, 1.165) is 29.4 Å². The van der Waals surface area contributed by atoms with Crippen molar-refractivity contribution in [2.45, 2.75) is 18.2 Å². The summed E-state index contributed by atoms with van der Waals surface area (Å²) in [5.74, 6) is 2.45. The van der Waals surface area contributed by atoms with E-state index in [-0.39, 0.29) is 0 Å². The molecule has 1 aliphatic carbocycles. The zero-order chi connectivity index (χ0) is 10.7. The van der Waals surface area contributed by atoms with Crippen molar-refractivity contribution in [3.05, 3.63) is 23.8 Å². The highest BCUT2D eigenvalue weighted by molar-refractivity contribution is 9.08. The monoisotopic (exact) mass is 270 g/mol. The summed E-state index contributed by atoms with van der Waals surface area (Å²) in [6, 6.07) is 6.03. The average Bonchev–Trinajstić information content (AvgIpc) is 3.09. The fraction of sp³-hybridized carbons (Fsp3) is 0.500. The molecule has 0 amide bonds. The molecule has 3 heteroatoms. The van der Waals surface area contributed by atoms with Crippen LogP contribution in [0.25, 0.3) is 0 Å². The maximum atomic E-state index is 5.75. The molecule has 0 bridgehead atoms. The van der Waals surface area contributed by atoms with Gasteiger partial charge < -0.3 is 9.47 Å². The Hall–Kier alpha value is -0.700. The number of hydrogen-bond acceptors (Lipinski definition) is 2. The van der Waals surface area contributed by atoms with Gasteiger partial charge in [-0.1, -0.05) is 22.0 Å². The van der Waals surface area contributed by atoms with Gasteiger partial charge in [-0.25, -0.2) is 0 Å². The molecule has 1 aliphatic rings. The quantitative estimate of drug-likeness (QED) is 0.764. The number of halogens is 1. The first-order valence-corrected chi connectivity index (χ1v) is 6.31. The maximum Gasteiger partial charge on any atom is 0.161 e. The average molecular weight is 271 g/mol. The van der Waals surface area contributed by atoms with Crippen molar-refractivity contribution in [3.63, 3.8) is 0 Å². The maximum absolute atomic E-state index is 5.75. The van der Waals surface area contributed by atoms with Gasteiger partial charge >= 0.3 is 0 Å². The van der Waals surface area contributed by atoms with Gasteiger partial charge in [-0.3, -0.25) is 0 Å². The van der Waals surface area contributed by atoms with Crippen LogP contribution >= 0.6 is 15.9 Å². The summed E-state index contributed by atoms with van der Waals surface area (Å²) >= 11 is 3.43. The molecule has 0 N–H and O–H groups in total. The molecule has 0 radical (unpaired) electrons. The molecule has 1 aromatic rings. The van der Waals surface area contributed by atoms with Gasteiger partial charge in [0.15, 0.2) is 11.5 Å². The number of benzene rings is 1. The van der Waals surface area contributed by atoms with Gasteiger partial charge in [0.2, 0.25) is 0 Å². The van der Waals surface area contributed by atoms with Crippen LogP contribution < -0.4 is 9.47 Å². The van der Waals surface area contributed by atoms with E-state index >= 15 is 0 Å². The largest absolute Gasteiger partial charge is 0.493 e. The molecule has 1 saturated carbocycles. The van der Waals surface area contributed by atoms with E-state index in [9.17, 15) is 0 Å². The summed E-state index contributed by atoms with van der Waals surface area (Å²) in [6.07, 6.45) is 2.61. The Labute approximate surface area is 98.7 Å². The molecule has 0 spiro atoms. The lowest BCUT2D eigenvalue weighted by Crippen LogP contribution is -2.01. The molecule has 0 atom stereocenters. The van der Waals surface area contributed by atoms with Crippen LogP contribution in [0.2, 0.25) is 0 Å². The van der Waals surface area contributed by atoms with Crippen LogP contribution in [0.1, 0.15) is 18.4 Å². The van der Waals surface area contributed by atoms with Crippen molar-refractivity contribution in [2.75, 3.05) is 13.7 Å². The Morgan fingerprint density at radius 2 is 2.13 bits per heavy atom.